The fourth-order valence-corrected chi connectivity index (χ4v) is 2.37. The number of aromatic nitrogens is 1. The molecule has 1 atom stereocenters. The van der Waals surface area contributed by atoms with E-state index in [1.54, 1.807) is 12.1 Å². The molecular formula is C10H11Cl2N3O2. The molecule has 1 aliphatic rings. The van der Waals surface area contributed by atoms with Gasteiger partial charge in [-0.15, -0.1) is 0 Å². The van der Waals surface area contributed by atoms with Gasteiger partial charge in [-0.3, -0.25) is 0 Å². The highest BCUT2D eigenvalue weighted by molar-refractivity contribution is 6.32. The number of hydrogen-bond acceptors (Lipinski definition) is 3. The van der Waals surface area contributed by atoms with Crippen molar-refractivity contribution in [1.82, 2.24) is 10.3 Å². The highest BCUT2D eigenvalue weighted by Crippen LogP contribution is 2.25. The predicted molar refractivity (Wildman–Crippen MR) is 66.0 cm³/mol. The van der Waals surface area contributed by atoms with Crippen LogP contribution in [0.3, 0.4) is 0 Å². The Labute approximate surface area is 108 Å². The molecule has 0 spiro atoms. The van der Waals surface area contributed by atoms with Crippen molar-refractivity contribution in [1.29, 1.82) is 0 Å². The van der Waals surface area contributed by atoms with Crippen molar-refractivity contribution in [3.05, 3.63) is 22.4 Å². The quantitative estimate of drug-likeness (QED) is 0.813. The molecule has 2 rings (SSSR count). The lowest BCUT2D eigenvalue weighted by Crippen LogP contribution is -2.36. The van der Waals surface area contributed by atoms with Gasteiger partial charge in [0.15, 0.2) is 0 Å². The fraction of sp³-hybridized carbons (Fsp3) is 0.400. The van der Waals surface area contributed by atoms with Crippen molar-refractivity contribution in [2.75, 3.05) is 18.0 Å². The minimum absolute atomic E-state index is 0.0572. The summed E-state index contributed by atoms with van der Waals surface area (Å²) in [6, 6.07) is 3.38. The first kappa shape index (κ1) is 12.3. The molecule has 0 unspecified atom stereocenters. The van der Waals surface area contributed by atoms with Crippen LogP contribution < -0.4 is 10.2 Å². The summed E-state index contributed by atoms with van der Waals surface area (Å²) in [5, 5.41) is 11.8. The van der Waals surface area contributed by atoms with Crippen molar-refractivity contribution in [2.45, 2.75) is 12.5 Å². The van der Waals surface area contributed by atoms with Crippen molar-refractivity contribution >= 4 is 35.0 Å². The first-order chi connectivity index (χ1) is 8.04. The summed E-state index contributed by atoms with van der Waals surface area (Å²) in [4.78, 5) is 16.4. The van der Waals surface area contributed by atoms with Crippen LogP contribution in [0.4, 0.5) is 10.5 Å². The van der Waals surface area contributed by atoms with Crippen molar-refractivity contribution < 1.29 is 9.90 Å². The van der Waals surface area contributed by atoms with Crippen molar-refractivity contribution in [3.63, 3.8) is 0 Å². The molecule has 1 aromatic rings. The molecule has 5 nitrogen and oxygen atoms in total. The number of carboxylic acid groups (broad SMARTS) is 1. The average molecular weight is 276 g/mol. The number of carbonyl (C=O) groups is 1. The van der Waals surface area contributed by atoms with E-state index in [2.05, 4.69) is 10.3 Å². The number of pyridine rings is 1. The fourth-order valence-electron chi connectivity index (χ4n) is 1.92. The van der Waals surface area contributed by atoms with Gasteiger partial charge in [0.25, 0.3) is 0 Å². The van der Waals surface area contributed by atoms with E-state index in [-0.39, 0.29) is 6.04 Å². The topological polar surface area (TPSA) is 65.5 Å². The van der Waals surface area contributed by atoms with Crippen LogP contribution in [0.5, 0.6) is 0 Å². The van der Waals surface area contributed by atoms with Gasteiger partial charge < -0.3 is 15.3 Å². The van der Waals surface area contributed by atoms with Crippen LogP contribution in [0.25, 0.3) is 0 Å². The summed E-state index contributed by atoms with van der Waals surface area (Å²) in [6.07, 6.45) is -0.230. The van der Waals surface area contributed by atoms with E-state index in [4.69, 9.17) is 28.3 Å². The Morgan fingerprint density at radius 1 is 1.47 bits per heavy atom. The van der Waals surface area contributed by atoms with E-state index >= 15 is 0 Å². The third kappa shape index (κ3) is 3.14. The lowest BCUT2D eigenvalue weighted by molar-refractivity contribution is 0.191. The summed E-state index contributed by atoms with van der Waals surface area (Å²) in [7, 11) is 0. The highest BCUT2D eigenvalue weighted by Gasteiger charge is 2.24. The second kappa shape index (κ2) is 4.98. The Morgan fingerprint density at radius 3 is 2.71 bits per heavy atom. The van der Waals surface area contributed by atoms with Gasteiger partial charge in [-0.1, -0.05) is 23.2 Å². The molecule has 1 saturated heterocycles. The van der Waals surface area contributed by atoms with Crippen LogP contribution in [0.15, 0.2) is 12.1 Å². The Balaban J connectivity index is 2.07. The van der Waals surface area contributed by atoms with Crippen LogP contribution in [-0.2, 0) is 0 Å². The summed E-state index contributed by atoms with van der Waals surface area (Å²) in [6.45, 7) is 1.38. The number of amides is 1. The Kier molecular flexibility index (Phi) is 3.59. The maximum atomic E-state index is 10.5. The molecule has 1 aliphatic heterocycles. The van der Waals surface area contributed by atoms with Crippen molar-refractivity contribution in [2.24, 2.45) is 0 Å². The van der Waals surface area contributed by atoms with E-state index < -0.39 is 6.09 Å². The average Bonchev–Trinajstić information content (AvgIpc) is 2.63. The minimum atomic E-state index is -0.998. The smallest absolute Gasteiger partial charge is 0.404 e. The number of halogens is 2. The number of anilines is 1. The Morgan fingerprint density at radius 2 is 2.12 bits per heavy atom. The van der Waals surface area contributed by atoms with E-state index in [0.717, 1.165) is 18.7 Å². The SMILES string of the molecule is O=C(O)N[C@@H]1CCN(c2cc(Cl)nc(Cl)c2)C1. The molecular weight excluding hydrogens is 265 g/mol. The maximum Gasteiger partial charge on any atom is 0.404 e. The summed E-state index contributed by atoms with van der Waals surface area (Å²) in [5.74, 6) is 0. The first-order valence-electron chi connectivity index (χ1n) is 5.12. The van der Waals surface area contributed by atoms with Gasteiger partial charge in [0, 0.05) is 18.8 Å². The molecule has 0 aliphatic carbocycles. The van der Waals surface area contributed by atoms with Crippen molar-refractivity contribution in [3.8, 4) is 0 Å². The van der Waals surface area contributed by atoms with E-state index in [1.165, 1.54) is 0 Å². The van der Waals surface area contributed by atoms with Gasteiger partial charge in [-0.25, -0.2) is 9.78 Å². The first-order valence-corrected chi connectivity index (χ1v) is 5.87. The molecule has 2 heterocycles. The Bertz CT molecular complexity index is 421. The normalized spacial score (nSPS) is 19.4. The molecule has 7 heteroatoms. The van der Waals surface area contributed by atoms with E-state index in [9.17, 15) is 4.79 Å². The molecule has 0 saturated carbocycles. The van der Waals surface area contributed by atoms with Crippen LogP contribution in [0, 0.1) is 0 Å². The lowest BCUT2D eigenvalue weighted by Gasteiger charge is -2.18. The molecule has 0 radical (unpaired) electrons. The van der Waals surface area contributed by atoms with Crippen LogP contribution in [0.1, 0.15) is 6.42 Å². The number of rotatable bonds is 2. The zero-order valence-corrected chi connectivity index (χ0v) is 10.4. The molecule has 2 N–H and O–H groups in total. The highest BCUT2D eigenvalue weighted by atomic mass is 35.5. The van der Waals surface area contributed by atoms with E-state index in [1.807, 2.05) is 4.90 Å². The van der Waals surface area contributed by atoms with Gasteiger partial charge in [0.05, 0.1) is 6.04 Å². The van der Waals surface area contributed by atoms with E-state index in [0.29, 0.717) is 16.9 Å². The second-order valence-corrected chi connectivity index (χ2v) is 4.63. The van der Waals surface area contributed by atoms with Crippen LogP contribution in [-0.4, -0.2) is 35.3 Å². The van der Waals surface area contributed by atoms with Gasteiger partial charge >= 0.3 is 6.09 Å². The molecule has 0 aromatic carbocycles. The van der Waals surface area contributed by atoms with Gasteiger partial charge in [0.1, 0.15) is 10.3 Å². The standard InChI is InChI=1S/C10H11Cl2N3O2/c11-8-3-7(4-9(12)14-8)15-2-1-6(5-15)13-10(16)17/h3-4,6,13H,1-2,5H2,(H,16,17)/t6-/m1/s1. The summed E-state index contributed by atoms with van der Waals surface area (Å²) < 4.78 is 0. The lowest BCUT2D eigenvalue weighted by atomic mass is 10.3. The predicted octanol–water partition coefficient (Wildman–Crippen LogP) is 2.23. The number of nitrogens with one attached hydrogen (secondary N) is 1. The van der Waals surface area contributed by atoms with Gasteiger partial charge in [-0.05, 0) is 18.6 Å². The zero-order valence-electron chi connectivity index (χ0n) is 8.86. The van der Waals surface area contributed by atoms with Gasteiger partial charge in [-0.2, -0.15) is 0 Å². The van der Waals surface area contributed by atoms with Crippen LogP contribution in [0.2, 0.25) is 10.3 Å². The number of nitrogens with zero attached hydrogens (tertiary/aromatic N) is 2. The molecule has 1 fully saturated rings. The molecule has 17 heavy (non-hydrogen) atoms. The third-order valence-corrected chi connectivity index (χ3v) is 3.02. The summed E-state index contributed by atoms with van der Waals surface area (Å²) in [5.41, 5.74) is 0.865. The minimum Gasteiger partial charge on any atom is -0.465 e. The molecule has 92 valence electrons. The zero-order chi connectivity index (χ0) is 12.4. The maximum absolute atomic E-state index is 10.5. The Hall–Kier alpha value is -1.20. The van der Waals surface area contributed by atoms with Gasteiger partial charge in [0.2, 0.25) is 0 Å². The summed E-state index contributed by atoms with van der Waals surface area (Å²) >= 11 is 11.6. The number of hydrogen-bond donors (Lipinski definition) is 2. The monoisotopic (exact) mass is 275 g/mol. The molecule has 0 bridgehead atoms. The molecule has 1 aromatic heterocycles. The molecule has 1 amide bonds. The largest absolute Gasteiger partial charge is 0.465 e. The second-order valence-electron chi connectivity index (χ2n) is 3.85. The van der Waals surface area contributed by atoms with Crippen LogP contribution >= 0.6 is 23.2 Å². The third-order valence-electron chi connectivity index (χ3n) is 2.63.